The third-order valence-electron chi connectivity index (χ3n) is 3.26. The SMILES string of the molecule is CCOC(=O)C(C)O/N=C(/C)c1ccc(-c2ccc(C)cc2)s1. The Kier molecular flexibility index (Phi) is 5.93. The third kappa shape index (κ3) is 4.66. The Hall–Kier alpha value is -2.14. The van der Waals surface area contributed by atoms with Crippen LogP contribution in [0.15, 0.2) is 41.6 Å². The van der Waals surface area contributed by atoms with Crippen LogP contribution in [0.4, 0.5) is 0 Å². The minimum atomic E-state index is -0.707. The van der Waals surface area contributed by atoms with Crippen LogP contribution >= 0.6 is 11.3 Å². The summed E-state index contributed by atoms with van der Waals surface area (Å²) in [6.07, 6.45) is -0.707. The maximum absolute atomic E-state index is 11.5. The van der Waals surface area contributed by atoms with E-state index in [0.29, 0.717) is 6.61 Å². The van der Waals surface area contributed by atoms with Crippen molar-refractivity contribution in [2.45, 2.75) is 33.8 Å². The van der Waals surface area contributed by atoms with Crippen LogP contribution in [0.25, 0.3) is 10.4 Å². The van der Waals surface area contributed by atoms with Crippen molar-refractivity contribution in [2.24, 2.45) is 5.16 Å². The number of ether oxygens (including phenoxy) is 1. The molecule has 5 heteroatoms. The van der Waals surface area contributed by atoms with Crippen molar-refractivity contribution < 1.29 is 14.4 Å². The van der Waals surface area contributed by atoms with E-state index < -0.39 is 12.1 Å². The number of carbonyl (C=O) groups is 1. The minimum Gasteiger partial charge on any atom is -0.463 e. The van der Waals surface area contributed by atoms with Gasteiger partial charge >= 0.3 is 5.97 Å². The first-order valence-corrected chi connectivity index (χ1v) is 8.37. The Morgan fingerprint density at radius 2 is 1.91 bits per heavy atom. The Labute approximate surface area is 140 Å². The monoisotopic (exact) mass is 331 g/mol. The molecule has 23 heavy (non-hydrogen) atoms. The lowest BCUT2D eigenvalue weighted by atomic mass is 10.1. The number of hydrogen-bond donors (Lipinski definition) is 0. The quantitative estimate of drug-likeness (QED) is 0.447. The largest absolute Gasteiger partial charge is 0.463 e. The molecule has 122 valence electrons. The lowest BCUT2D eigenvalue weighted by Crippen LogP contribution is -2.21. The molecule has 0 bridgehead atoms. The Balaban J connectivity index is 2.05. The smallest absolute Gasteiger partial charge is 0.349 e. The van der Waals surface area contributed by atoms with Gasteiger partial charge in [0.15, 0.2) is 0 Å². The number of aryl methyl sites for hydroxylation is 1. The van der Waals surface area contributed by atoms with Crippen molar-refractivity contribution in [2.75, 3.05) is 6.61 Å². The van der Waals surface area contributed by atoms with E-state index in [1.54, 1.807) is 25.2 Å². The second-order valence-electron chi connectivity index (χ2n) is 5.21. The normalized spacial score (nSPS) is 12.8. The number of hydrogen-bond acceptors (Lipinski definition) is 5. The van der Waals surface area contributed by atoms with Crippen LogP contribution in [0, 0.1) is 6.92 Å². The van der Waals surface area contributed by atoms with Crippen molar-refractivity contribution in [3.05, 3.63) is 46.8 Å². The van der Waals surface area contributed by atoms with Gasteiger partial charge in [-0.2, -0.15) is 0 Å². The number of rotatable bonds is 6. The molecule has 1 aromatic heterocycles. The minimum absolute atomic E-state index is 0.333. The molecule has 0 amide bonds. The molecular weight excluding hydrogens is 310 g/mol. The van der Waals surface area contributed by atoms with Gasteiger partial charge < -0.3 is 9.57 Å². The van der Waals surface area contributed by atoms with E-state index in [-0.39, 0.29) is 0 Å². The molecule has 0 aliphatic carbocycles. The van der Waals surface area contributed by atoms with E-state index in [4.69, 9.17) is 9.57 Å². The molecule has 0 N–H and O–H groups in total. The average molecular weight is 331 g/mol. The van der Waals surface area contributed by atoms with Gasteiger partial charge in [-0.25, -0.2) is 4.79 Å². The molecule has 0 spiro atoms. The predicted octanol–water partition coefficient (Wildman–Crippen LogP) is 4.42. The molecule has 0 fully saturated rings. The van der Waals surface area contributed by atoms with Gasteiger partial charge in [-0.1, -0.05) is 35.0 Å². The summed E-state index contributed by atoms with van der Waals surface area (Å²) in [6, 6.07) is 12.5. The fourth-order valence-electron chi connectivity index (χ4n) is 1.91. The van der Waals surface area contributed by atoms with Crippen LogP contribution in [0.5, 0.6) is 0 Å². The van der Waals surface area contributed by atoms with Crippen LogP contribution in [0.3, 0.4) is 0 Å². The highest BCUT2D eigenvalue weighted by Gasteiger charge is 2.15. The van der Waals surface area contributed by atoms with Crippen molar-refractivity contribution in [3.63, 3.8) is 0 Å². The van der Waals surface area contributed by atoms with E-state index in [9.17, 15) is 4.79 Å². The standard InChI is InChI=1S/C18H21NO3S/c1-5-21-18(20)14(4)22-19-13(3)16-10-11-17(23-16)15-8-6-12(2)7-9-15/h6-11,14H,5H2,1-4H3/b19-13-. The molecule has 1 aromatic carbocycles. The fraction of sp³-hybridized carbons (Fsp3) is 0.333. The Bertz CT molecular complexity index is 689. The summed E-state index contributed by atoms with van der Waals surface area (Å²) < 4.78 is 4.88. The van der Waals surface area contributed by atoms with Gasteiger partial charge in [-0.05, 0) is 45.4 Å². The summed E-state index contributed by atoms with van der Waals surface area (Å²) in [4.78, 5) is 18.9. The Morgan fingerprint density at radius 1 is 1.22 bits per heavy atom. The maximum atomic E-state index is 11.5. The van der Waals surface area contributed by atoms with Crippen LogP contribution in [-0.4, -0.2) is 24.4 Å². The summed E-state index contributed by atoms with van der Waals surface area (Å²) in [6.45, 7) is 7.66. The molecule has 0 aliphatic heterocycles. The second-order valence-corrected chi connectivity index (χ2v) is 6.29. The van der Waals surface area contributed by atoms with E-state index in [0.717, 1.165) is 10.6 Å². The van der Waals surface area contributed by atoms with Gasteiger partial charge in [-0.3, -0.25) is 0 Å². The zero-order valence-electron chi connectivity index (χ0n) is 13.8. The lowest BCUT2D eigenvalue weighted by Gasteiger charge is -2.08. The fourth-order valence-corrected chi connectivity index (χ4v) is 2.86. The zero-order valence-corrected chi connectivity index (χ0v) is 14.6. The molecule has 0 radical (unpaired) electrons. The highest BCUT2D eigenvalue weighted by Crippen LogP contribution is 2.28. The topological polar surface area (TPSA) is 47.9 Å². The molecule has 1 unspecified atom stereocenters. The molecule has 4 nitrogen and oxygen atoms in total. The van der Waals surface area contributed by atoms with Gasteiger partial charge in [0.05, 0.1) is 17.2 Å². The van der Waals surface area contributed by atoms with Gasteiger partial charge in [0, 0.05) is 4.88 Å². The number of oxime groups is 1. The first kappa shape index (κ1) is 17.2. The second kappa shape index (κ2) is 7.92. The highest BCUT2D eigenvalue weighted by atomic mass is 32.1. The van der Waals surface area contributed by atoms with Crippen molar-refractivity contribution >= 4 is 23.0 Å². The highest BCUT2D eigenvalue weighted by molar-refractivity contribution is 7.17. The molecule has 1 atom stereocenters. The first-order valence-electron chi connectivity index (χ1n) is 7.55. The zero-order chi connectivity index (χ0) is 16.8. The lowest BCUT2D eigenvalue weighted by molar-refractivity contribution is -0.155. The summed E-state index contributed by atoms with van der Waals surface area (Å²) in [5.41, 5.74) is 3.16. The predicted molar refractivity (Wildman–Crippen MR) is 93.9 cm³/mol. The Morgan fingerprint density at radius 3 is 2.57 bits per heavy atom. The molecule has 0 saturated heterocycles. The van der Waals surface area contributed by atoms with Crippen LogP contribution in [0.2, 0.25) is 0 Å². The van der Waals surface area contributed by atoms with Gasteiger partial charge in [0.25, 0.3) is 0 Å². The van der Waals surface area contributed by atoms with Crippen molar-refractivity contribution in [1.82, 2.24) is 0 Å². The van der Waals surface area contributed by atoms with E-state index >= 15 is 0 Å². The number of benzene rings is 1. The average Bonchev–Trinajstić information content (AvgIpc) is 3.03. The number of esters is 1. The van der Waals surface area contributed by atoms with Gasteiger partial charge in [0.1, 0.15) is 0 Å². The molecule has 0 aliphatic rings. The van der Waals surface area contributed by atoms with Gasteiger partial charge in [-0.15, -0.1) is 11.3 Å². The van der Waals surface area contributed by atoms with Crippen molar-refractivity contribution in [1.29, 1.82) is 0 Å². The molecule has 2 rings (SSSR count). The first-order chi connectivity index (χ1) is 11.0. The number of nitrogens with zero attached hydrogens (tertiary/aromatic N) is 1. The molecule has 0 saturated carbocycles. The van der Waals surface area contributed by atoms with E-state index in [1.807, 2.05) is 13.0 Å². The summed E-state index contributed by atoms with van der Waals surface area (Å²) in [5, 5.41) is 4.05. The van der Waals surface area contributed by atoms with Crippen LogP contribution < -0.4 is 0 Å². The summed E-state index contributed by atoms with van der Waals surface area (Å²) >= 11 is 1.64. The number of carbonyl (C=O) groups excluding carboxylic acids is 1. The summed E-state index contributed by atoms with van der Waals surface area (Å²) in [5.74, 6) is -0.407. The van der Waals surface area contributed by atoms with Gasteiger partial charge in [0.2, 0.25) is 6.10 Å². The van der Waals surface area contributed by atoms with Crippen LogP contribution in [-0.2, 0) is 14.4 Å². The third-order valence-corrected chi connectivity index (χ3v) is 4.51. The molecule has 1 heterocycles. The van der Waals surface area contributed by atoms with E-state index in [1.165, 1.54) is 16.0 Å². The maximum Gasteiger partial charge on any atom is 0.349 e. The van der Waals surface area contributed by atoms with Crippen molar-refractivity contribution in [3.8, 4) is 10.4 Å². The number of thiophene rings is 1. The van der Waals surface area contributed by atoms with Crippen LogP contribution in [0.1, 0.15) is 31.2 Å². The molecular formula is C18H21NO3S. The van der Waals surface area contributed by atoms with E-state index in [2.05, 4.69) is 42.4 Å². The molecule has 2 aromatic rings. The summed E-state index contributed by atoms with van der Waals surface area (Å²) in [7, 11) is 0.